The number of allylic oxidation sites excluding steroid dienone is 1. The molecule has 0 saturated heterocycles. The van der Waals surface area contributed by atoms with E-state index in [-0.39, 0.29) is 30.1 Å². The zero-order chi connectivity index (χ0) is 24.0. The molecule has 0 N–H and O–H groups in total. The molecular weight excluding hydrogens is 460 g/mol. The average Bonchev–Trinajstić information content (AvgIpc) is 3.10. The van der Waals surface area contributed by atoms with Gasteiger partial charge in [0.25, 0.3) is 0 Å². The van der Waals surface area contributed by atoms with Gasteiger partial charge in [0.05, 0.1) is 33.0 Å². The van der Waals surface area contributed by atoms with E-state index >= 15 is 0 Å². The van der Waals surface area contributed by atoms with Crippen molar-refractivity contribution in [2.75, 3.05) is 12.4 Å². The van der Waals surface area contributed by atoms with Crippen molar-refractivity contribution in [1.82, 2.24) is 4.57 Å². The third-order valence-electron chi connectivity index (χ3n) is 4.91. The number of hydrogen-bond donors (Lipinski definition) is 0. The predicted molar refractivity (Wildman–Crippen MR) is 129 cm³/mol. The maximum absolute atomic E-state index is 12.5. The summed E-state index contributed by atoms with van der Waals surface area (Å²) in [5.74, 6) is -0.934. The number of rotatable bonds is 9. The lowest BCUT2D eigenvalue weighted by Gasteiger charge is -2.04. The van der Waals surface area contributed by atoms with Gasteiger partial charge in [0.15, 0.2) is 14.6 Å². The molecule has 0 saturated carbocycles. The van der Waals surface area contributed by atoms with E-state index in [4.69, 9.17) is 4.74 Å². The molecule has 0 aliphatic heterocycles. The van der Waals surface area contributed by atoms with Crippen molar-refractivity contribution in [3.05, 3.63) is 71.0 Å². The quantitative estimate of drug-likeness (QED) is 0.336. The van der Waals surface area contributed by atoms with Crippen molar-refractivity contribution >= 4 is 43.3 Å². The van der Waals surface area contributed by atoms with Gasteiger partial charge in [-0.25, -0.2) is 13.2 Å². The third kappa shape index (κ3) is 6.06. The molecule has 1 amide bonds. The SMILES string of the molecule is C=CCn1c(=NC(=O)CCCS(=O)(=O)c2ccc(C)cc2)sc2cc(C(=O)OCC)ccc21. The molecule has 9 heteroatoms. The fourth-order valence-corrected chi connectivity index (χ4v) is 5.65. The van der Waals surface area contributed by atoms with Crippen molar-refractivity contribution in [3.63, 3.8) is 0 Å². The maximum Gasteiger partial charge on any atom is 0.338 e. The van der Waals surface area contributed by atoms with E-state index in [2.05, 4.69) is 11.6 Å². The van der Waals surface area contributed by atoms with Crippen LogP contribution in [0.25, 0.3) is 10.2 Å². The molecule has 0 radical (unpaired) electrons. The van der Waals surface area contributed by atoms with Crippen LogP contribution in [-0.2, 0) is 25.9 Å². The number of fused-ring (bicyclic) bond motifs is 1. The lowest BCUT2D eigenvalue weighted by atomic mass is 10.2. The number of nitrogens with zero attached hydrogens (tertiary/aromatic N) is 2. The molecule has 0 spiro atoms. The lowest BCUT2D eigenvalue weighted by Crippen LogP contribution is -2.16. The van der Waals surface area contributed by atoms with E-state index in [0.29, 0.717) is 16.9 Å². The number of esters is 1. The monoisotopic (exact) mass is 486 g/mol. The third-order valence-corrected chi connectivity index (χ3v) is 7.77. The minimum Gasteiger partial charge on any atom is -0.462 e. The highest BCUT2D eigenvalue weighted by atomic mass is 32.2. The van der Waals surface area contributed by atoms with Crippen LogP contribution in [0.1, 0.15) is 35.7 Å². The molecule has 0 fully saturated rings. The Morgan fingerprint density at radius 2 is 1.91 bits per heavy atom. The fraction of sp³-hybridized carbons (Fsp3) is 0.292. The maximum atomic E-state index is 12.5. The molecule has 0 atom stereocenters. The first-order valence-electron chi connectivity index (χ1n) is 10.5. The van der Waals surface area contributed by atoms with Crippen LogP contribution in [0.4, 0.5) is 0 Å². The van der Waals surface area contributed by atoms with Crippen molar-refractivity contribution in [2.45, 2.75) is 38.1 Å². The molecular formula is C24H26N2O5S2. The van der Waals surface area contributed by atoms with E-state index in [1.165, 1.54) is 11.3 Å². The predicted octanol–water partition coefficient (Wildman–Crippen LogP) is 4.06. The van der Waals surface area contributed by atoms with Crippen LogP contribution in [0.15, 0.2) is 65.0 Å². The van der Waals surface area contributed by atoms with Gasteiger partial charge in [0, 0.05) is 13.0 Å². The second kappa shape index (κ2) is 10.7. The van der Waals surface area contributed by atoms with E-state index in [1.54, 1.807) is 55.5 Å². The Labute approximate surface area is 197 Å². The average molecular weight is 487 g/mol. The summed E-state index contributed by atoms with van der Waals surface area (Å²) in [6.45, 7) is 8.12. The Hall–Kier alpha value is -3.04. The summed E-state index contributed by atoms with van der Waals surface area (Å²) >= 11 is 1.28. The lowest BCUT2D eigenvalue weighted by molar-refractivity contribution is -0.118. The fourth-order valence-electron chi connectivity index (χ4n) is 3.24. The van der Waals surface area contributed by atoms with Gasteiger partial charge in [-0.1, -0.05) is 35.1 Å². The summed E-state index contributed by atoms with van der Waals surface area (Å²) in [4.78, 5) is 29.5. The number of ether oxygens (including phenoxy) is 1. The Bertz CT molecular complexity index is 1350. The number of sulfone groups is 1. The Morgan fingerprint density at radius 3 is 2.58 bits per heavy atom. The highest BCUT2D eigenvalue weighted by Gasteiger charge is 2.15. The van der Waals surface area contributed by atoms with Crippen molar-refractivity contribution in [3.8, 4) is 0 Å². The number of amides is 1. The van der Waals surface area contributed by atoms with Gasteiger partial charge in [0.1, 0.15) is 0 Å². The van der Waals surface area contributed by atoms with Gasteiger partial charge in [-0.05, 0) is 50.6 Å². The second-order valence-corrected chi connectivity index (χ2v) is 10.5. The van der Waals surface area contributed by atoms with Crippen LogP contribution in [-0.4, -0.2) is 37.2 Å². The summed E-state index contributed by atoms with van der Waals surface area (Å²) in [5, 5.41) is 0. The summed E-state index contributed by atoms with van der Waals surface area (Å²) in [5.41, 5.74) is 2.23. The van der Waals surface area contributed by atoms with E-state index in [9.17, 15) is 18.0 Å². The molecule has 2 aromatic carbocycles. The molecule has 33 heavy (non-hydrogen) atoms. The summed E-state index contributed by atoms with van der Waals surface area (Å²) in [6, 6.07) is 11.8. The Morgan fingerprint density at radius 1 is 1.18 bits per heavy atom. The van der Waals surface area contributed by atoms with Crippen LogP contribution in [0.2, 0.25) is 0 Å². The largest absolute Gasteiger partial charge is 0.462 e. The number of benzene rings is 2. The minimum atomic E-state index is -3.45. The van der Waals surface area contributed by atoms with E-state index < -0.39 is 21.7 Å². The number of aryl methyl sites for hydroxylation is 1. The van der Waals surface area contributed by atoms with Crippen LogP contribution < -0.4 is 4.80 Å². The van der Waals surface area contributed by atoms with E-state index in [0.717, 1.165) is 15.8 Å². The van der Waals surface area contributed by atoms with Gasteiger partial charge < -0.3 is 9.30 Å². The molecule has 1 heterocycles. The number of carbonyl (C=O) groups excluding carboxylic acids is 2. The molecule has 0 aliphatic rings. The van der Waals surface area contributed by atoms with Gasteiger partial charge in [-0.2, -0.15) is 4.99 Å². The van der Waals surface area contributed by atoms with Gasteiger partial charge >= 0.3 is 5.97 Å². The van der Waals surface area contributed by atoms with Crippen molar-refractivity contribution < 1.29 is 22.7 Å². The summed E-state index contributed by atoms with van der Waals surface area (Å²) < 4.78 is 32.6. The minimum absolute atomic E-state index is 0.0154. The van der Waals surface area contributed by atoms with Crippen LogP contribution in [0, 0.1) is 6.92 Å². The summed E-state index contributed by atoms with van der Waals surface area (Å²) in [6.07, 6.45) is 1.89. The number of hydrogen-bond acceptors (Lipinski definition) is 6. The first-order valence-corrected chi connectivity index (χ1v) is 13.0. The zero-order valence-corrected chi connectivity index (χ0v) is 20.2. The first-order chi connectivity index (χ1) is 15.7. The molecule has 3 aromatic rings. The van der Waals surface area contributed by atoms with Crippen molar-refractivity contribution in [1.29, 1.82) is 0 Å². The molecule has 174 valence electrons. The molecule has 0 unspecified atom stereocenters. The topological polar surface area (TPSA) is 94.8 Å². The second-order valence-electron chi connectivity index (χ2n) is 7.43. The first kappa shape index (κ1) is 24.6. The van der Waals surface area contributed by atoms with Gasteiger partial charge in [0.2, 0.25) is 5.91 Å². The normalized spacial score (nSPS) is 12.1. The Balaban J connectivity index is 1.78. The molecule has 0 bridgehead atoms. The summed E-state index contributed by atoms with van der Waals surface area (Å²) in [7, 11) is -3.45. The number of aromatic nitrogens is 1. The van der Waals surface area contributed by atoms with Crippen LogP contribution >= 0.6 is 11.3 Å². The van der Waals surface area contributed by atoms with Gasteiger partial charge in [-0.3, -0.25) is 4.79 Å². The standard InChI is InChI=1S/C24H26N2O5S2/c1-4-14-26-20-13-10-18(23(28)31-5-2)16-21(20)32-24(26)25-22(27)7-6-15-33(29,30)19-11-8-17(3)9-12-19/h4,8-13,16H,1,5-7,14-15H2,2-3H3. The number of thiazole rings is 1. The number of carbonyl (C=O) groups is 2. The molecule has 1 aromatic heterocycles. The van der Waals surface area contributed by atoms with Crippen LogP contribution in [0.5, 0.6) is 0 Å². The Kier molecular flexibility index (Phi) is 7.99. The molecule has 7 nitrogen and oxygen atoms in total. The van der Waals surface area contributed by atoms with Crippen molar-refractivity contribution in [2.24, 2.45) is 4.99 Å². The highest BCUT2D eigenvalue weighted by molar-refractivity contribution is 7.91. The van der Waals surface area contributed by atoms with Crippen LogP contribution in [0.3, 0.4) is 0 Å². The molecule has 0 aliphatic carbocycles. The van der Waals surface area contributed by atoms with E-state index in [1.807, 2.05) is 11.5 Å². The molecule has 3 rings (SSSR count). The highest BCUT2D eigenvalue weighted by Crippen LogP contribution is 2.20. The smallest absolute Gasteiger partial charge is 0.338 e. The zero-order valence-electron chi connectivity index (χ0n) is 18.6. The van der Waals surface area contributed by atoms with Gasteiger partial charge in [-0.15, -0.1) is 6.58 Å².